The van der Waals surface area contributed by atoms with Crippen LogP contribution in [0.2, 0.25) is 0 Å². The molecule has 0 aromatic heterocycles. The largest absolute Gasteiger partial charge is 0.468 e. The van der Waals surface area contributed by atoms with Crippen molar-refractivity contribution in [2.75, 3.05) is 7.11 Å². The highest BCUT2D eigenvalue weighted by atomic mass is 79.9. The minimum atomic E-state index is -1.89. The van der Waals surface area contributed by atoms with Gasteiger partial charge in [0, 0.05) is 26.3 Å². The molecule has 0 heterocycles. The van der Waals surface area contributed by atoms with E-state index in [1.165, 1.54) is 7.11 Å². The number of carbonyl (C=O) groups is 2. The van der Waals surface area contributed by atoms with Crippen molar-refractivity contribution in [3.8, 4) is 6.07 Å². The van der Waals surface area contributed by atoms with E-state index in [1.807, 2.05) is 127 Å². The standard InChI is InChI=1S/C42H31Br2NO4/c1-49-40(47)41(25-45)36(28-13-18-34(43)19-14-28)24-42(48,33-17-12-27-7-3-5-9-31(27)23-33)38(37(41)29-15-20-35(44)21-16-29)39(46)32-11-10-26-6-2-4-8-30(26)22-32/h2-23,36-38,48H,24H2,1H3/t36-,37+,38+,41-,42+/m1/s1. The van der Waals surface area contributed by atoms with Crippen molar-refractivity contribution < 1.29 is 19.4 Å². The number of nitriles is 1. The highest BCUT2D eigenvalue weighted by Gasteiger charge is 2.67. The van der Waals surface area contributed by atoms with Gasteiger partial charge in [-0.05, 0) is 81.1 Å². The van der Waals surface area contributed by atoms with Gasteiger partial charge in [0.15, 0.2) is 11.2 Å². The van der Waals surface area contributed by atoms with Crippen LogP contribution >= 0.6 is 31.9 Å². The van der Waals surface area contributed by atoms with Gasteiger partial charge in [-0.3, -0.25) is 9.59 Å². The Kier molecular flexibility index (Phi) is 8.74. The number of hydrogen-bond acceptors (Lipinski definition) is 5. The number of fused-ring (bicyclic) bond motifs is 2. The van der Waals surface area contributed by atoms with E-state index in [2.05, 4.69) is 37.9 Å². The summed E-state index contributed by atoms with van der Waals surface area (Å²) < 4.78 is 7.10. The minimum Gasteiger partial charge on any atom is -0.468 e. The summed E-state index contributed by atoms with van der Waals surface area (Å²) in [5.74, 6) is -4.36. The van der Waals surface area contributed by atoms with E-state index >= 15 is 4.79 Å². The number of aliphatic hydroxyl groups is 1. The van der Waals surface area contributed by atoms with E-state index < -0.39 is 34.7 Å². The Morgan fingerprint density at radius 2 is 1.27 bits per heavy atom. The second-order valence-electron chi connectivity index (χ2n) is 12.7. The molecule has 0 unspecified atom stereocenters. The molecule has 1 saturated carbocycles. The normalized spacial score (nSPS) is 23.5. The number of rotatable bonds is 6. The maximum atomic E-state index is 15.3. The van der Waals surface area contributed by atoms with Crippen LogP contribution in [-0.2, 0) is 15.1 Å². The average molecular weight is 774 g/mol. The van der Waals surface area contributed by atoms with E-state index in [0.29, 0.717) is 22.3 Å². The first-order valence-electron chi connectivity index (χ1n) is 15.9. The lowest BCUT2D eigenvalue weighted by atomic mass is 9.47. The Balaban J connectivity index is 1.57. The lowest BCUT2D eigenvalue weighted by Crippen LogP contribution is -2.59. The number of ether oxygens (including phenoxy) is 1. The highest BCUT2D eigenvalue weighted by Crippen LogP contribution is 2.64. The van der Waals surface area contributed by atoms with Crippen molar-refractivity contribution >= 4 is 65.2 Å². The maximum Gasteiger partial charge on any atom is 0.327 e. The molecule has 242 valence electrons. The SMILES string of the molecule is COC(=O)[C@]1(C#N)[C@@H](c2ccc(Br)cc2)C[C@](O)(c2ccc3ccccc3c2)[C@H](C(=O)c2ccc3ccccc3c2)[C@@H]1c1ccc(Br)cc1. The minimum absolute atomic E-state index is 0.0906. The molecular weight excluding hydrogens is 742 g/mol. The molecule has 5 atom stereocenters. The fourth-order valence-electron chi connectivity index (χ4n) is 7.83. The topological polar surface area (TPSA) is 87.4 Å². The quantitative estimate of drug-likeness (QED) is 0.135. The first kappa shape index (κ1) is 32.9. The van der Waals surface area contributed by atoms with E-state index in [1.54, 1.807) is 6.07 Å². The van der Waals surface area contributed by atoms with Gasteiger partial charge in [-0.15, -0.1) is 0 Å². The summed E-state index contributed by atoms with van der Waals surface area (Å²) in [6.07, 6.45) is -0.0906. The van der Waals surface area contributed by atoms with Crippen LogP contribution in [0.4, 0.5) is 0 Å². The van der Waals surface area contributed by atoms with Crippen molar-refractivity contribution in [1.29, 1.82) is 5.26 Å². The Morgan fingerprint density at radius 3 is 1.84 bits per heavy atom. The van der Waals surface area contributed by atoms with Crippen LogP contribution in [0, 0.1) is 22.7 Å². The number of Topliss-reactive ketones (excluding diaryl/α,β-unsaturated/α-hetero) is 1. The predicted octanol–water partition coefficient (Wildman–Crippen LogP) is 9.86. The zero-order valence-electron chi connectivity index (χ0n) is 26.5. The summed E-state index contributed by atoms with van der Waals surface area (Å²) in [4.78, 5) is 29.7. The molecule has 7 rings (SSSR count). The molecule has 49 heavy (non-hydrogen) atoms. The van der Waals surface area contributed by atoms with E-state index in [9.17, 15) is 15.2 Å². The van der Waals surface area contributed by atoms with Crippen LogP contribution < -0.4 is 0 Å². The molecular formula is C42H31Br2NO4. The summed E-state index contributed by atoms with van der Waals surface area (Å²) in [5.41, 5.74) is -1.56. The first-order chi connectivity index (χ1) is 23.7. The first-order valence-corrected chi connectivity index (χ1v) is 17.5. The monoisotopic (exact) mass is 771 g/mol. The van der Waals surface area contributed by atoms with Gasteiger partial charge in [0.2, 0.25) is 0 Å². The van der Waals surface area contributed by atoms with Crippen molar-refractivity contribution in [2.45, 2.75) is 23.9 Å². The van der Waals surface area contributed by atoms with E-state index in [-0.39, 0.29) is 12.2 Å². The van der Waals surface area contributed by atoms with Gasteiger partial charge in [0.05, 0.1) is 19.1 Å². The number of ketones is 1. The number of hydrogen-bond donors (Lipinski definition) is 1. The molecule has 1 aliphatic rings. The van der Waals surface area contributed by atoms with Crippen LogP contribution in [-0.4, -0.2) is 24.0 Å². The number of benzene rings is 6. The second-order valence-corrected chi connectivity index (χ2v) is 14.5. The molecule has 0 bridgehead atoms. The number of carbonyl (C=O) groups excluding carboxylic acids is 2. The van der Waals surface area contributed by atoms with Crippen LogP contribution in [0.3, 0.4) is 0 Å². The second kappa shape index (κ2) is 13.0. The summed E-state index contributed by atoms with van der Waals surface area (Å²) >= 11 is 7.03. The molecule has 0 spiro atoms. The lowest BCUT2D eigenvalue weighted by Gasteiger charge is -2.54. The number of nitrogens with zero attached hydrogens (tertiary/aromatic N) is 1. The molecule has 0 saturated heterocycles. The van der Waals surface area contributed by atoms with Crippen molar-refractivity contribution in [3.05, 3.63) is 165 Å². The van der Waals surface area contributed by atoms with Gasteiger partial charge in [0.1, 0.15) is 5.60 Å². The molecule has 0 radical (unpaired) electrons. The Morgan fingerprint density at radius 1 is 0.735 bits per heavy atom. The Labute approximate surface area is 301 Å². The van der Waals surface area contributed by atoms with Gasteiger partial charge in [0.25, 0.3) is 0 Å². The summed E-state index contributed by atoms with van der Waals surface area (Å²) in [6.45, 7) is 0. The van der Waals surface area contributed by atoms with Crippen molar-refractivity contribution in [2.24, 2.45) is 11.3 Å². The van der Waals surface area contributed by atoms with Gasteiger partial charge < -0.3 is 9.84 Å². The third-order valence-corrected chi connectivity index (χ3v) is 11.2. The third kappa shape index (κ3) is 5.58. The summed E-state index contributed by atoms with van der Waals surface area (Å²) in [7, 11) is 1.27. The van der Waals surface area contributed by atoms with Gasteiger partial charge in [-0.25, -0.2) is 0 Å². The fourth-order valence-corrected chi connectivity index (χ4v) is 8.36. The van der Waals surface area contributed by atoms with Crippen LogP contribution in [0.15, 0.2) is 142 Å². The fraction of sp³-hybridized carbons (Fsp3) is 0.167. The predicted molar refractivity (Wildman–Crippen MR) is 198 cm³/mol. The molecule has 0 aliphatic heterocycles. The van der Waals surface area contributed by atoms with Gasteiger partial charge >= 0.3 is 5.97 Å². The smallest absolute Gasteiger partial charge is 0.327 e. The molecule has 1 N–H and O–H groups in total. The zero-order chi connectivity index (χ0) is 34.3. The summed E-state index contributed by atoms with van der Waals surface area (Å²) in [6, 6.07) is 43.9. The maximum absolute atomic E-state index is 15.3. The molecule has 1 aliphatic carbocycles. The van der Waals surface area contributed by atoms with Crippen molar-refractivity contribution in [3.63, 3.8) is 0 Å². The number of halogens is 2. The van der Waals surface area contributed by atoms with E-state index in [0.717, 1.165) is 30.5 Å². The lowest BCUT2D eigenvalue weighted by molar-refractivity contribution is -0.162. The molecule has 5 nitrogen and oxygen atoms in total. The van der Waals surface area contributed by atoms with Crippen LogP contribution in [0.25, 0.3) is 21.5 Å². The molecule has 7 heteroatoms. The summed E-state index contributed by atoms with van der Waals surface area (Å²) in [5, 5.41) is 28.5. The molecule has 6 aromatic carbocycles. The number of esters is 1. The third-order valence-electron chi connectivity index (χ3n) is 10.2. The van der Waals surface area contributed by atoms with Crippen LogP contribution in [0.5, 0.6) is 0 Å². The Bertz CT molecular complexity index is 2260. The average Bonchev–Trinajstić information content (AvgIpc) is 3.14. The molecule has 0 amide bonds. The van der Waals surface area contributed by atoms with Gasteiger partial charge in [-0.2, -0.15) is 5.26 Å². The number of methoxy groups -OCH3 is 1. The van der Waals surface area contributed by atoms with E-state index in [4.69, 9.17) is 4.74 Å². The van der Waals surface area contributed by atoms with Crippen LogP contribution in [0.1, 0.15) is 45.3 Å². The van der Waals surface area contributed by atoms with Gasteiger partial charge in [-0.1, -0.05) is 129 Å². The molecule has 1 fully saturated rings. The zero-order valence-corrected chi connectivity index (χ0v) is 29.7. The Hall–Kier alpha value is -4.61. The van der Waals surface area contributed by atoms with Crippen molar-refractivity contribution in [1.82, 2.24) is 0 Å². The molecule has 6 aromatic rings. The highest BCUT2D eigenvalue weighted by molar-refractivity contribution is 9.10.